The number of esters is 1. The molecule has 4 nitrogen and oxygen atoms in total. The van der Waals surface area contributed by atoms with Crippen molar-refractivity contribution >= 4 is 52.3 Å². The van der Waals surface area contributed by atoms with Crippen LogP contribution in [0.2, 0.25) is 5.02 Å². The van der Waals surface area contributed by atoms with E-state index in [1.807, 2.05) is 11.8 Å². The summed E-state index contributed by atoms with van der Waals surface area (Å²) >= 11 is 13.5. The molecular weight excluding hydrogens is 376 g/mol. The van der Waals surface area contributed by atoms with Gasteiger partial charge in [-0.15, -0.1) is 0 Å². The smallest absolute Gasteiger partial charge is 0.339 e. The zero-order chi connectivity index (χ0) is 18.1. The zero-order valence-corrected chi connectivity index (χ0v) is 16.9. The molecule has 0 saturated heterocycles. The van der Waals surface area contributed by atoms with Crippen LogP contribution in [0.3, 0.4) is 0 Å². The van der Waals surface area contributed by atoms with Crippen LogP contribution in [0, 0.1) is 0 Å². The van der Waals surface area contributed by atoms with Crippen LogP contribution in [0.15, 0.2) is 18.2 Å². The second-order valence-electron chi connectivity index (χ2n) is 5.93. The third kappa shape index (κ3) is 7.04. The molecule has 0 aliphatic heterocycles. The highest BCUT2D eigenvalue weighted by molar-refractivity contribution is 7.99. The van der Waals surface area contributed by atoms with E-state index in [1.165, 1.54) is 32.1 Å². The Morgan fingerprint density at radius 3 is 2.80 bits per heavy atom. The molecule has 1 fully saturated rings. The van der Waals surface area contributed by atoms with E-state index in [1.54, 1.807) is 25.1 Å². The van der Waals surface area contributed by atoms with Crippen molar-refractivity contribution in [2.75, 3.05) is 24.2 Å². The molecule has 0 atom stereocenters. The number of thioether (sulfide) groups is 1. The molecule has 1 aromatic rings. The number of hydrogen-bond donors (Lipinski definition) is 2. The van der Waals surface area contributed by atoms with E-state index in [9.17, 15) is 4.79 Å². The van der Waals surface area contributed by atoms with Crippen LogP contribution in [0.4, 0.5) is 5.69 Å². The Morgan fingerprint density at radius 1 is 1.36 bits per heavy atom. The number of benzene rings is 1. The summed E-state index contributed by atoms with van der Waals surface area (Å²) in [6, 6.07) is 5.09. The molecule has 0 heterocycles. The van der Waals surface area contributed by atoms with Crippen LogP contribution >= 0.6 is 35.6 Å². The Kier molecular flexibility index (Phi) is 8.85. The van der Waals surface area contributed by atoms with Crippen molar-refractivity contribution < 1.29 is 9.53 Å². The van der Waals surface area contributed by atoms with Crippen molar-refractivity contribution in [3.05, 3.63) is 28.8 Å². The summed E-state index contributed by atoms with van der Waals surface area (Å²) in [5.74, 6) is 0.633. The first-order valence-corrected chi connectivity index (χ1v) is 10.6. The van der Waals surface area contributed by atoms with E-state index in [4.69, 9.17) is 28.6 Å². The average molecular weight is 401 g/mol. The Bertz CT molecular complexity index is 592. The number of halogens is 1. The molecule has 0 bridgehead atoms. The van der Waals surface area contributed by atoms with Gasteiger partial charge in [0, 0.05) is 23.2 Å². The average Bonchev–Trinajstić information content (AvgIpc) is 2.60. The van der Waals surface area contributed by atoms with E-state index < -0.39 is 5.97 Å². The molecule has 0 aromatic heterocycles. The summed E-state index contributed by atoms with van der Waals surface area (Å²) < 4.78 is 4.96. The maximum atomic E-state index is 11.7. The third-order valence-corrected chi connectivity index (χ3v) is 5.96. The zero-order valence-electron chi connectivity index (χ0n) is 14.5. The van der Waals surface area contributed by atoms with Gasteiger partial charge >= 0.3 is 5.97 Å². The fourth-order valence-corrected chi connectivity index (χ4v) is 4.46. The predicted octanol–water partition coefficient (Wildman–Crippen LogP) is 4.87. The second kappa shape index (κ2) is 10.9. The van der Waals surface area contributed by atoms with E-state index in [2.05, 4.69) is 10.6 Å². The first-order valence-electron chi connectivity index (χ1n) is 8.73. The minimum atomic E-state index is -0.417. The van der Waals surface area contributed by atoms with Gasteiger partial charge in [0.05, 0.1) is 17.2 Å². The first-order chi connectivity index (χ1) is 12.1. The normalized spacial score (nSPS) is 14.8. The number of carbonyl (C=O) groups excluding carboxylic acids is 1. The number of nitrogens with one attached hydrogen (secondary N) is 2. The Hall–Kier alpha value is -0.980. The number of ether oxygens (including phenoxy) is 1. The van der Waals surface area contributed by atoms with Crippen LogP contribution in [0.5, 0.6) is 0 Å². The highest BCUT2D eigenvalue weighted by Gasteiger charge is 2.14. The fourth-order valence-electron chi connectivity index (χ4n) is 2.76. The number of rotatable bonds is 7. The van der Waals surface area contributed by atoms with Crippen molar-refractivity contribution in [3.8, 4) is 0 Å². The summed E-state index contributed by atoms with van der Waals surface area (Å²) in [5, 5.41) is 8.02. The highest BCUT2D eigenvalue weighted by atomic mass is 35.5. The summed E-state index contributed by atoms with van der Waals surface area (Å²) in [6.07, 6.45) is 6.82. The monoisotopic (exact) mass is 400 g/mol. The molecule has 2 rings (SSSR count). The molecule has 0 unspecified atom stereocenters. The van der Waals surface area contributed by atoms with Crippen LogP contribution < -0.4 is 10.6 Å². The predicted molar refractivity (Wildman–Crippen MR) is 111 cm³/mol. The van der Waals surface area contributed by atoms with Crippen molar-refractivity contribution in [3.63, 3.8) is 0 Å². The number of carbonyl (C=O) groups is 1. The molecule has 25 heavy (non-hydrogen) atoms. The molecule has 0 amide bonds. The van der Waals surface area contributed by atoms with Crippen molar-refractivity contribution in [2.24, 2.45) is 0 Å². The lowest BCUT2D eigenvalue weighted by molar-refractivity contribution is 0.0526. The minimum Gasteiger partial charge on any atom is -0.462 e. The SMILES string of the molecule is CCOC(=O)c1ccc(NC(=S)NCCSC2CCCCC2)cc1Cl. The van der Waals surface area contributed by atoms with Crippen molar-refractivity contribution in [1.82, 2.24) is 5.32 Å². The van der Waals surface area contributed by atoms with Gasteiger partial charge in [-0.25, -0.2) is 4.79 Å². The quantitative estimate of drug-likeness (QED) is 0.387. The van der Waals surface area contributed by atoms with E-state index in [0.29, 0.717) is 22.3 Å². The van der Waals surface area contributed by atoms with Crippen molar-refractivity contribution in [2.45, 2.75) is 44.3 Å². The Labute approximate surface area is 164 Å². The van der Waals surface area contributed by atoms with E-state index in [0.717, 1.165) is 23.2 Å². The third-order valence-electron chi connectivity index (χ3n) is 4.02. The Balaban J connectivity index is 1.72. The summed E-state index contributed by atoms with van der Waals surface area (Å²) in [7, 11) is 0. The standard InChI is InChI=1S/C18H25ClN2O2S2/c1-2-23-17(22)15-9-8-13(12-16(15)19)21-18(24)20-10-11-25-14-6-4-3-5-7-14/h8-9,12,14H,2-7,10-11H2,1H3,(H2,20,21,24). The van der Waals surface area contributed by atoms with Gasteiger partial charge < -0.3 is 15.4 Å². The van der Waals surface area contributed by atoms with Gasteiger partial charge in [-0.05, 0) is 50.2 Å². The highest BCUT2D eigenvalue weighted by Crippen LogP contribution is 2.27. The molecular formula is C18H25ClN2O2S2. The van der Waals surface area contributed by atoms with Gasteiger partial charge in [-0.2, -0.15) is 11.8 Å². The van der Waals surface area contributed by atoms with E-state index >= 15 is 0 Å². The largest absolute Gasteiger partial charge is 0.462 e. The minimum absolute atomic E-state index is 0.321. The second-order valence-corrected chi connectivity index (χ2v) is 8.15. The molecule has 7 heteroatoms. The number of thiocarbonyl (C=S) groups is 1. The molecule has 1 aromatic carbocycles. The molecule has 0 radical (unpaired) electrons. The molecule has 138 valence electrons. The maximum Gasteiger partial charge on any atom is 0.339 e. The lowest BCUT2D eigenvalue weighted by atomic mass is 10.0. The van der Waals surface area contributed by atoms with Gasteiger partial charge in [0.1, 0.15) is 0 Å². The van der Waals surface area contributed by atoms with Crippen LogP contribution in [0.1, 0.15) is 49.4 Å². The van der Waals surface area contributed by atoms with Gasteiger partial charge in [-0.3, -0.25) is 0 Å². The Morgan fingerprint density at radius 2 is 2.12 bits per heavy atom. The molecule has 1 aliphatic carbocycles. The first kappa shape index (κ1) is 20.3. The maximum absolute atomic E-state index is 11.7. The molecule has 1 aliphatic rings. The van der Waals surface area contributed by atoms with Gasteiger partial charge in [-0.1, -0.05) is 30.9 Å². The lowest BCUT2D eigenvalue weighted by Gasteiger charge is -2.21. The van der Waals surface area contributed by atoms with Crippen LogP contribution in [-0.4, -0.2) is 35.2 Å². The number of anilines is 1. The molecule has 1 saturated carbocycles. The van der Waals surface area contributed by atoms with Crippen molar-refractivity contribution in [1.29, 1.82) is 0 Å². The summed E-state index contributed by atoms with van der Waals surface area (Å²) in [6.45, 7) is 2.92. The number of hydrogen-bond acceptors (Lipinski definition) is 4. The lowest BCUT2D eigenvalue weighted by Crippen LogP contribution is -2.30. The van der Waals surface area contributed by atoms with E-state index in [-0.39, 0.29) is 0 Å². The van der Waals surface area contributed by atoms with Crippen LogP contribution in [-0.2, 0) is 4.74 Å². The fraction of sp³-hybridized carbons (Fsp3) is 0.556. The van der Waals surface area contributed by atoms with Crippen LogP contribution in [0.25, 0.3) is 0 Å². The topological polar surface area (TPSA) is 50.4 Å². The summed E-state index contributed by atoms with van der Waals surface area (Å²) in [5.41, 5.74) is 1.10. The van der Waals surface area contributed by atoms with Gasteiger partial charge in [0.25, 0.3) is 0 Å². The molecule has 0 spiro atoms. The summed E-state index contributed by atoms with van der Waals surface area (Å²) in [4.78, 5) is 11.7. The van der Waals surface area contributed by atoms with Gasteiger partial charge in [0.15, 0.2) is 5.11 Å². The molecule has 2 N–H and O–H groups in total. The van der Waals surface area contributed by atoms with Gasteiger partial charge in [0.2, 0.25) is 0 Å².